The Morgan fingerprint density at radius 2 is 1.49 bits per heavy atom. The highest BCUT2D eigenvalue weighted by Gasteiger charge is 2.24. The molecule has 4 rings (SSSR count). The van der Waals surface area contributed by atoms with Gasteiger partial charge in [-0.1, -0.05) is 57.2 Å². The van der Waals surface area contributed by atoms with Gasteiger partial charge >= 0.3 is 0 Å². The number of benzene rings is 2. The first-order valence-corrected chi connectivity index (χ1v) is 13.5. The fourth-order valence-electron chi connectivity index (χ4n) is 3.49. The summed E-state index contributed by atoms with van der Waals surface area (Å²) in [6, 6.07) is 16.2. The van der Waals surface area contributed by atoms with Gasteiger partial charge in [0.25, 0.3) is 15.9 Å². The monoisotopic (exact) mass is 547 g/mol. The highest BCUT2D eigenvalue weighted by molar-refractivity contribution is 7.95. The summed E-state index contributed by atoms with van der Waals surface area (Å²) in [6.45, 7) is 6.34. The van der Waals surface area contributed by atoms with Crippen LogP contribution in [0.3, 0.4) is 0 Å². The zero-order valence-electron chi connectivity index (χ0n) is 22.2. The molecule has 2 heterocycles. The molecule has 1 N–H and O–H groups in total. The minimum atomic E-state index is -4.05. The van der Waals surface area contributed by atoms with E-state index in [1.165, 1.54) is 32.7 Å². The lowest BCUT2D eigenvalue weighted by atomic mass is 9.87. The number of para-hydroxylation sites is 2. The van der Waals surface area contributed by atoms with E-state index in [9.17, 15) is 8.42 Å². The van der Waals surface area contributed by atoms with Crippen LogP contribution in [0, 0.1) is 0 Å². The summed E-state index contributed by atoms with van der Waals surface area (Å²) in [5, 5.41) is 1.05. The summed E-state index contributed by atoms with van der Waals surface area (Å²) >= 11 is 0. The van der Waals surface area contributed by atoms with Crippen LogP contribution in [0.25, 0.3) is 17.7 Å². The third-order valence-corrected chi connectivity index (χ3v) is 6.50. The summed E-state index contributed by atoms with van der Waals surface area (Å²) < 4.78 is 45.6. The molecule has 0 aliphatic heterocycles. The van der Waals surface area contributed by atoms with Gasteiger partial charge in [0, 0.05) is 12.4 Å². The van der Waals surface area contributed by atoms with E-state index in [1.807, 2.05) is 24.3 Å². The van der Waals surface area contributed by atoms with Gasteiger partial charge in [-0.3, -0.25) is 4.72 Å². The third-order valence-electron chi connectivity index (χ3n) is 5.53. The average Bonchev–Trinajstić information content (AvgIpc) is 2.93. The van der Waals surface area contributed by atoms with Gasteiger partial charge in [0.1, 0.15) is 0 Å². The van der Waals surface area contributed by atoms with Crippen LogP contribution in [0.4, 0.5) is 5.82 Å². The summed E-state index contributed by atoms with van der Waals surface area (Å²) in [7, 11) is -1.18. The normalized spacial score (nSPS) is 11.8. The first kappa shape index (κ1) is 27.5. The second kappa shape index (κ2) is 11.5. The number of aromatic nitrogens is 4. The maximum Gasteiger partial charge on any atom is 0.263 e. The van der Waals surface area contributed by atoms with Gasteiger partial charge in [-0.25, -0.2) is 23.4 Å². The highest BCUT2D eigenvalue weighted by Crippen LogP contribution is 2.40. The maximum atomic E-state index is 13.2. The van der Waals surface area contributed by atoms with E-state index in [4.69, 9.17) is 14.2 Å². The minimum absolute atomic E-state index is 0.0139. The van der Waals surface area contributed by atoms with Crippen molar-refractivity contribution < 1.29 is 22.6 Å². The number of anilines is 1. The standard InChI is InChI=1S/C28H29N5O5S/c1-28(2,3)20-13-11-19(12-14-20)15-18-39(34,35)33-24-23(38-22-10-7-6-9-21(22)36-4)27(37-5)32-26(31-24)25-29-16-8-17-30-25/h6-18H,1-5H3,(H,31,32,33)/b18-15+. The van der Waals surface area contributed by atoms with E-state index in [0.29, 0.717) is 11.5 Å². The van der Waals surface area contributed by atoms with Gasteiger partial charge in [0.2, 0.25) is 11.6 Å². The largest absolute Gasteiger partial charge is 0.493 e. The van der Waals surface area contributed by atoms with Crippen LogP contribution in [0.5, 0.6) is 23.1 Å². The van der Waals surface area contributed by atoms with Gasteiger partial charge in [0.05, 0.1) is 19.6 Å². The first-order chi connectivity index (χ1) is 18.6. The molecule has 202 valence electrons. The molecule has 0 atom stereocenters. The van der Waals surface area contributed by atoms with E-state index in [2.05, 4.69) is 45.4 Å². The van der Waals surface area contributed by atoms with Crippen LogP contribution >= 0.6 is 0 Å². The van der Waals surface area contributed by atoms with Crippen molar-refractivity contribution in [2.45, 2.75) is 26.2 Å². The van der Waals surface area contributed by atoms with E-state index in [0.717, 1.165) is 16.5 Å². The number of hydrogen-bond donors (Lipinski definition) is 1. The molecule has 0 fully saturated rings. The molecule has 0 unspecified atom stereocenters. The van der Waals surface area contributed by atoms with Gasteiger partial charge in [-0.15, -0.1) is 0 Å². The van der Waals surface area contributed by atoms with Crippen LogP contribution in [-0.4, -0.2) is 42.6 Å². The van der Waals surface area contributed by atoms with Crippen LogP contribution in [0.15, 0.2) is 72.4 Å². The number of hydrogen-bond acceptors (Lipinski definition) is 9. The van der Waals surface area contributed by atoms with E-state index in [-0.39, 0.29) is 34.5 Å². The second-order valence-corrected chi connectivity index (χ2v) is 10.9. The average molecular weight is 548 g/mol. The quantitative estimate of drug-likeness (QED) is 0.291. The molecule has 0 saturated carbocycles. The van der Waals surface area contributed by atoms with Crippen molar-refractivity contribution in [3.8, 4) is 34.8 Å². The molecule has 4 aromatic rings. The Labute approximate surface area is 227 Å². The molecule has 0 radical (unpaired) electrons. The van der Waals surface area contributed by atoms with Crippen molar-refractivity contribution in [3.05, 3.63) is 83.5 Å². The number of rotatable bonds is 9. The number of nitrogens with zero attached hydrogens (tertiary/aromatic N) is 4. The van der Waals surface area contributed by atoms with E-state index in [1.54, 1.807) is 30.3 Å². The van der Waals surface area contributed by atoms with Crippen LogP contribution < -0.4 is 18.9 Å². The number of nitrogens with one attached hydrogen (secondary N) is 1. The minimum Gasteiger partial charge on any atom is -0.493 e. The lowest BCUT2D eigenvalue weighted by molar-refractivity contribution is 0.348. The molecular formula is C28H29N5O5S. The van der Waals surface area contributed by atoms with Crippen molar-refractivity contribution in [3.63, 3.8) is 0 Å². The van der Waals surface area contributed by atoms with E-state index < -0.39 is 10.0 Å². The summed E-state index contributed by atoms with van der Waals surface area (Å²) in [5.41, 5.74) is 1.85. The Morgan fingerprint density at radius 3 is 2.10 bits per heavy atom. The molecule has 2 aromatic carbocycles. The smallest absolute Gasteiger partial charge is 0.263 e. The fourth-order valence-corrected chi connectivity index (χ4v) is 4.30. The number of ether oxygens (including phenoxy) is 3. The Hall–Kier alpha value is -4.51. The topological polar surface area (TPSA) is 125 Å². The molecule has 0 amide bonds. The predicted molar refractivity (Wildman–Crippen MR) is 149 cm³/mol. The van der Waals surface area contributed by atoms with Gasteiger partial charge < -0.3 is 14.2 Å². The second-order valence-electron chi connectivity index (χ2n) is 9.38. The summed E-state index contributed by atoms with van der Waals surface area (Å²) in [5.74, 6) is 0.686. The Kier molecular flexibility index (Phi) is 8.10. The zero-order chi connectivity index (χ0) is 28.0. The molecule has 0 aliphatic rings. The third kappa shape index (κ3) is 6.88. The SMILES string of the molecule is COc1ccccc1Oc1c(NS(=O)(=O)/C=C/c2ccc(C(C)(C)C)cc2)nc(-c2ncccn2)nc1OC. The zero-order valence-corrected chi connectivity index (χ0v) is 23.1. The van der Waals surface area contributed by atoms with Crippen molar-refractivity contribution in [2.75, 3.05) is 18.9 Å². The molecular weight excluding hydrogens is 518 g/mol. The highest BCUT2D eigenvalue weighted by atomic mass is 32.2. The Bertz CT molecular complexity index is 1570. The Morgan fingerprint density at radius 1 is 0.821 bits per heavy atom. The molecule has 0 saturated heterocycles. The van der Waals surface area contributed by atoms with Crippen molar-refractivity contribution in [1.29, 1.82) is 0 Å². The summed E-state index contributed by atoms with van der Waals surface area (Å²) in [4.78, 5) is 17.0. The van der Waals surface area contributed by atoms with Gasteiger partial charge in [-0.05, 0) is 40.8 Å². The maximum absolute atomic E-state index is 13.2. The number of methoxy groups -OCH3 is 2. The molecule has 10 nitrogen and oxygen atoms in total. The molecule has 0 bridgehead atoms. The lowest BCUT2D eigenvalue weighted by Gasteiger charge is -2.18. The van der Waals surface area contributed by atoms with Crippen molar-refractivity contribution >= 4 is 21.9 Å². The predicted octanol–water partition coefficient (Wildman–Crippen LogP) is 5.45. The summed E-state index contributed by atoms with van der Waals surface area (Å²) in [6.07, 6.45) is 4.54. The molecule has 0 aliphatic carbocycles. The van der Waals surface area contributed by atoms with Crippen LogP contribution in [0.1, 0.15) is 31.9 Å². The van der Waals surface area contributed by atoms with Crippen LogP contribution in [-0.2, 0) is 15.4 Å². The Balaban J connectivity index is 1.73. The molecule has 11 heteroatoms. The van der Waals surface area contributed by atoms with Crippen molar-refractivity contribution in [1.82, 2.24) is 19.9 Å². The fraction of sp³-hybridized carbons (Fsp3) is 0.214. The molecule has 0 spiro atoms. The van der Waals surface area contributed by atoms with Crippen LogP contribution in [0.2, 0.25) is 0 Å². The first-order valence-electron chi connectivity index (χ1n) is 12.0. The van der Waals surface area contributed by atoms with E-state index >= 15 is 0 Å². The lowest BCUT2D eigenvalue weighted by Crippen LogP contribution is -2.13. The van der Waals surface area contributed by atoms with Gasteiger partial charge in [-0.2, -0.15) is 4.98 Å². The van der Waals surface area contributed by atoms with Gasteiger partial charge in [0.15, 0.2) is 23.1 Å². The molecule has 2 aromatic heterocycles. The number of sulfonamides is 1. The van der Waals surface area contributed by atoms with Crippen molar-refractivity contribution in [2.24, 2.45) is 0 Å². The molecule has 39 heavy (non-hydrogen) atoms.